The molecule has 0 saturated heterocycles. The molecule has 45 heavy (non-hydrogen) atoms. The van der Waals surface area contributed by atoms with Crippen LogP contribution in [0, 0.1) is 0 Å². The summed E-state index contributed by atoms with van der Waals surface area (Å²) in [5.41, 5.74) is 0. The molecule has 0 aromatic heterocycles. The first-order valence-corrected chi connectivity index (χ1v) is 18.6. The fourth-order valence-corrected chi connectivity index (χ4v) is 5.18. The van der Waals surface area contributed by atoms with Crippen molar-refractivity contribution in [1.82, 2.24) is 5.32 Å². The molecule has 1 amide bonds. The van der Waals surface area contributed by atoms with Gasteiger partial charge in [-0.05, 0) is 57.8 Å². The molecular weight excluding hydrogens is 558 g/mol. The molecule has 0 fully saturated rings. The van der Waals surface area contributed by atoms with Gasteiger partial charge < -0.3 is 20.6 Å². The van der Waals surface area contributed by atoms with Crippen molar-refractivity contribution < 1.29 is 20.1 Å². The molecule has 0 saturated carbocycles. The molecule has 0 aliphatic rings. The first-order valence-electron chi connectivity index (χ1n) is 18.6. The summed E-state index contributed by atoms with van der Waals surface area (Å²) in [4.78, 5) is 12.3. The number of nitrogens with one attached hydrogen (secondary N) is 1. The van der Waals surface area contributed by atoms with Crippen LogP contribution in [0.25, 0.3) is 0 Å². The number of hydrogen-bond donors (Lipinski definition) is 4. The lowest BCUT2D eigenvalue weighted by Crippen LogP contribution is -2.45. The van der Waals surface area contributed by atoms with Gasteiger partial charge in [0.2, 0.25) is 5.91 Å². The van der Waals surface area contributed by atoms with Crippen LogP contribution >= 0.6 is 0 Å². The number of unbranched alkanes of at least 4 members (excludes halogenated alkanes) is 14. The second-order valence-corrected chi connectivity index (χ2v) is 12.5. The van der Waals surface area contributed by atoms with Gasteiger partial charge in [0.25, 0.3) is 0 Å². The number of allylic oxidation sites excluding steroid dienone is 8. The quantitative estimate of drug-likeness (QED) is 0.0440. The van der Waals surface area contributed by atoms with E-state index in [0.717, 1.165) is 64.2 Å². The van der Waals surface area contributed by atoms with Gasteiger partial charge in [-0.3, -0.25) is 4.79 Å². The fourth-order valence-electron chi connectivity index (χ4n) is 5.18. The third-order valence-electron chi connectivity index (χ3n) is 8.05. The standard InChI is InChI=1S/C40H71NO4/c1-3-5-6-7-8-9-10-11-12-15-18-21-24-27-30-34-39(44)38(36-42)41-40(45)35-31-28-25-22-19-16-13-14-17-20-23-26-29-33-37(43)32-4-2/h13,16-17,20,22,25-26,29-30,34,37-39,42-44H,3-12,14-15,18-19,21,23-24,27-28,31-33,35-36H2,1-2H3,(H,41,45)/b16-13-,20-17-,25-22-,29-26-,34-30+/t37?,38-,39+/m0/s1. The summed E-state index contributed by atoms with van der Waals surface area (Å²) in [6.45, 7) is 4.07. The first kappa shape index (κ1) is 43.0. The minimum absolute atomic E-state index is 0.134. The summed E-state index contributed by atoms with van der Waals surface area (Å²) < 4.78 is 0. The maximum Gasteiger partial charge on any atom is 0.220 e. The van der Waals surface area contributed by atoms with E-state index in [1.165, 1.54) is 77.0 Å². The number of carbonyl (C=O) groups is 1. The third-order valence-corrected chi connectivity index (χ3v) is 8.05. The molecule has 0 bridgehead atoms. The zero-order valence-electron chi connectivity index (χ0n) is 29.2. The van der Waals surface area contributed by atoms with Crippen molar-refractivity contribution in [3.05, 3.63) is 60.8 Å². The molecule has 3 atom stereocenters. The molecule has 5 nitrogen and oxygen atoms in total. The largest absolute Gasteiger partial charge is 0.394 e. The van der Waals surface area contributed by atoms with Crippen molar-refractivity contribution in [1.29, 1.82) is 0 Å². The lowest BCUT2D eigenvalue weighted by atomic mass is 10.0. The number of rotatable bonds is 32. The Hall–Kier alpha value is -1.95. The number of amides is 1. The summed E-state index contributed by atoms with van der Waals surface area (Å²) >= 11 is 0. The number of hydrogen-bond acceptors (Lipinski definition) is 4. The molecule has 4 N–H and O–H groups in total. The Morgan fingerprint density at radius 2 is 1.09 bits per heavy atom. The molecule has 5 heteroatoms. The van der Waals surface area contributed by atoms with Crippen LogP contribution in [0.15, 0.2) is 60.8 Å². The molecule has 0 aliphatic heterocycles. The maximum absolute atomic E-state index is 12.3. The molecule has 1 unspecified atom stereocenters. The molecule has 260 valence electrons. The highest BCUT2D eigenvalue weighted by Crippen LogP contribution is 2.13. The Bertz CT molecular complexity index is 785. The highest BCUT2D eigenvalue weighted by molar-refractivity contribution is 5.76. The fraction of sp³-hybridized carbons (Fsp3) is 0.725. The van der Waals surface area contributed by atoms with E-state index in [0.29, 0.717) is 6.42 Å². The van der Waals surface area contributed by atoms with Gasteiger partial charge in [0, 0.05) is 6.42 Å². The normalized spacial score (nSPS) is 14.5. The van der Waals surface area contributed by atoms with Crippen LogP contribution in [0.1, 0.15) is 162 Å². The summed E-state index contributed by atoms with van der Waals surface area (Å²) in [6, 6.07) is -0.662. The summed E-state index contributed by atoms with van der Waals surface area (Å²) in [5, 5.41) is 32.5. The van der Waals surface area contributed by atoms with Crippen LogP contribution in [0.2, 0.25) is 0 Å². The van der Waals surface area contributed by atoms with E-state index in [-0.39, 0.29) is 18.6 Å². The van der Waals surface area contributed by atoms with E-state index in [2.05, 4.69) is 67.8 Å². The van der Waals surface area contributed by atoms with E-state index in [1.54, 1.807) is 6.08 Å². The van der Waals surface area contributed by atoms with Gasteiger partial charge in [0.05, 0.1) is 24.9 Å². The molecular formula is C40H71NO4. The Morgan fingerprint density at radius 1 is 0.600 bits per heavy atom. The van der Waals surface area contributed by atoms with E-state index in [4.69, 9.17) is 0 Å². The van der Waals surface area contributed by atoms with Crippen LogP contribution in [-0.4, -0.2) is 46.1 Å². The number of aliphatic hydroxyl groups is 3. The predicted octanol–water partition coefficient (Wildman–Crippen LogP) is 9.98. The third kappa shape index (κ3) is 31.8. The van der Waals surface area contributed by atoms with Crippen molar-refractivity contribution in [2.24, 2.45) is 0 Å². The zero-order chi connectivity index (χ0) is 33.1. The summed E-state index contributed by atoms with van der Waals surface area (Å²) in [7, 11) is 0. The van der Waals surface area contributed by atoms with Crippen molar-refractivity contribution in [2.75, 3.05) is 6.61 Å². The molecule has 0 radical (unpaired) electrons. The predicted molar refractivity (Wildman–Crippen MR) is 194 cm³/mol. The highest BCUT2D eigenvalue weighted by Gasteiger charge is 2.17. The average molecular weight is 630 g/mol. The molecule has 0 heterocycles. The first-order chi connectivity index (χ1) is 22.0. The van der Waals surface area contributed by atoms with Gasteiger partial charge in [-0.15, -0.1) is 0 Å². The van der Waals surface area contributed by atoms with Gasteiger partial charge >= 0.3 is 0 Å². The minimum Gasteiger partial charge on any atom is -0.394 e. The van der Waals surface area contributed by atoms with Crippen molar-refractivity contribution in [3.63, 3.8) is 0 Å². The number of aliphatic hydroxyl groups excluding tert-OH is 3. The Balaban J connectivity index is 3.79. The zero-order valence-corrected chi connectivity index (χ0v) is 29.2. The van der Waals surface area contributed by atoms with Crippen LogP contribution in [0.5, 0.6) is 0 Å². The molecule has 0 aromatic rings. The van der Waals surface area contributed by atoms with Gasteiger partial charge in [0.15, 0.2) is 0 Å². The van der Waals surface area contributed by atoms with Crippen LogP contribution in [0.3, 0.4) is 0 Å². The van der Waals surface area contributed by atoms with Crippen LogP contribution < -0.4 is 5.32 Å². The molecule has 0 aliphatic carbocycles. The average Bonchev–Trinajstić information content (AvgIpc) is 3.03. The summed E-state index contributed by atoms with van der Waals surface area (Å²) in [6.07, 6.45) is 45.1. The lowest BCUT2D eigenvalue weighted by molar-refractivity contribution is -0.122. The van der Waals surface area contributed by atoms with E-state index in [9.17, 15) is 20.1 Å². The topological polar surface area (TPSA) is 89.8 Å². The second kappa shape index (κ2) is 34.9. The van der Waals surface area contributed by atoms with Gasteiger partial charge in [-0.25, -0.2) is 0 Å². The lowest BCUT2D eigenvalue weighted by Gasteiger charge is -2.19. The summed E-state index contributed by atoms with van der Waals surface area (Å²) in [5.74, 6) is -0.134. The van der Waals surface area contributed by atoms with Crippen LogP contribution in [0.4, 0.5) is 0 Å². The Morgan fingerprint density at radius 3 is 1.62 bits per heavy atom. The highest BCUT2D eigenvalue weighted by atomic mass is 16.3. The maximum atomic E-state index is 12.3. The van der Waals surface area contributed by atoms with Crippen molar-refractivity contribution in [2.45, 2.75) is 180 Å². The van der Waals surface area contributed by atoms with Crippen molar-refractivity contribution in [3.8, 4) is 0 Å². The smallest absolute Gasteiger partial charge is 0.220 e. The van der Waals surface area contributed by atoms with Crippen molar-refractivity contribution >= 4 is 5.91 Å². The SMILES string of the molecule is CCCCCCCCCCCCCCC/C=C/[C@@H](O)[C@H](CO)NC(=O)CCC/C=C\C/C=C\C/C=C\C/C=C\CC(O)CCC. The Kier molecular flexibility index (Phi) is 33.4. The second-order valence-electron chi connectivity index (χ2n) is 12.5. The van der Waals surface area contributed by atoms with Gasteiger partial charge in [-0.2, -0.15) is 0 Å². The van der Waals surface area contributed by atoms with Gasteiger partial charge in [-0.1, -0.05) is 158 Å². The monoisotopic (exact) mass is 630 g/mol. The minimum atomic E-state index is -0.872. The van der Waals surface area contributed by atoms with E-state index >= 15 is 0 Å². The Labute approximate surface area is 278 Å². The molecule has 0 rings (SSSR count). The van der Waals surface area contributed by atoms with Gasteiger partial charge in [0.1, 0.15) is 0 Å². The van der Waals surface area contributed by atoms with Crippen LogP contribution in [-0.2, 0) is 4.79 Å². The molecule has 0 spiro atoms. The van der Waals surface area contributed by atoms with E-state index < -0.39 is 12.1 Å². The van der Waals surface area contributed by atoms with E-state index in [1.807, 2.05) is 6.08 Å². The molecule has 0 aromatic carbocycles. The number of carbonyl (C=O) groups excluding carboxylic acids is 1.